The molecule has 0 saturated heterocycles. The van der Waals surface area contributed by atoms with Gasteiger partial charge >= 0.3 is 0 Å². The van der Waals surface area contributed by atoms with Crippen LogP contribution >= 0.6 is 27.3 Å². The molecule has 0 bridgehead atoms. The average molecular weight is 355 g/mol. The van der Waals surface area contributed by atoms with Crippen LogP contribution in [-0.4, -0.2) is 9.97 Å². The largest absolute Gasteiger partial charge is 0.485 e. The van der Waals surface area contributed by atoms with E-state index in [2.05, 4.69) is 25.9 Å². The Balaban J connectivity index is 1.84. The highest BCUT2D eigenvalue weighted by Gasteiger charge is 2.07. The Morgan fingerprint density at radius 3 is 3.05 bits per heavy atom. The minimum Gasteiger partial charge on any atom is -0.485 e. The van der Waals surface area contributed by atoms with Gasteiger partial charge in [-0.3, -0.25) is 4.79 Å². The monoisotopic (exact) mass is 354 g/mol. The number of hydrogen-bond donors (Lipinski definition) is 1. The van der Waals surface area contributed by atoms with E-state index in [4.69, 9.17) is 4.74 Å². The minimum atomic E-state index is -0.351. The van der Waals surface area contributed by atoms with Crippen LogP contribution in [0.3, 0.4) is 0 Å². The maximum absolute atomic E-state index is 13.0. The topological polar surface area (TPSA) is 55.0 Å². The molecular formula is C13H8BrFN2O2S. The van der Waals surface area contributed by atoms with Crippen molar-refractivity contribution in [2.45, 2.75) is 6.61 Å². The van der Waals surface area contributed by atoms with Gasteiger partial charge in [-0.25, -0.2) is 9.37 Å². The molecule has 0 unspecified atom stereocenters. The number of ether oxygens (including phenoxy) is 1. The van der Waals surface area contributed by atoms with Gasteiger partial charge in [0.1, 0.15) is 28.7 Å². The Hall–Kier alpha value is -1.73. The van der Waals surface area contributed by atoms with Crippen molar-refractivity contribution in [3.05, 3.63) is 56.1 Å². The zero-order chi connectivity index (χ0) is 14.1. The molecule has 3 rings (SSSR count). The Bertz CT molecular complexity index is 831. The first-order valence-electron chi connectivity index (χ1n) is 5.68. The van der Waals surface area contributed by atoms with Gasteiger partial charge in [-0.2, -0.15) is 0 Å². The quantitative estimate of drug-likeness (QED) is 0.783. The zero-order valence-electron chi connectivity index (χ0n) is 10.0. The van der Waals surface area contributed by atoms with E-state index in [1.54, 1.807) is 6.07 Å². The molecular weight excluding hydrogens is 347 g/mol. The molecule has 2 heterocycles. The fraction of sp³-hybridized carbons (Fsp3) is 0.0769. The highest BCUT2D eigenvalue weighted by molar-refractivity contribution is 9.10. The van der Waals surface area contributed by atoms with Gasteiger partial charge in [0.25, 0.3) is 5.56 Å². The van der Waals surface area contributed by atoms with Crippen LogP contribution in [0.1, 0.15) is 5.82 Å². The number of hydrogen-bond acceptors (Lipinski definition) is 4. The van der Waals surface area contributed by atoms with E-state index in [9.17, 15) is 9.18 Å². The number of nitrogens with one attached hydrogen (secondary N) is 1. The molecule has 0 fully saturated rings. The maximum Gasteiger partial charge on any atom is 0.268 e. The normalized spacial score (nSPS) is 10.9. The molecule has 0 aliphatic heterocycles. The van der Waals surface area contributed by atoms with Crippen molar-refractivity contribution in [2.75, 3.05) is 0 Å². The Morgan fingerprint density at radius 2 is 2.25 bits per heavy atom. The summed E-state index contributed by atoms with van der Waals surface area (Å²) in [5, 5.41) is 1.81. The summed E-state index contributed by atoms with van der Waals surface area (Å²) in [5.41, 5.74) is 0.470. The van der Waals surface area contributed by atoms with Crippen LogP contribution in [0.5, 0.6) is 5.75 Å². The first kappa shape index (κ1) is 13.3. The van der Waals surface area contributed by atoms with Crippen LogP contribution in [0, 0.1) is 5.82 Å². The van der Waals surface area contributed by atoms with Crippen molar-refractivity contribution >= 4 is 37.5 Å². The van der Waals surface area contributed by atoms with E-state index in [1.165, 1.54) is 29.5 Å². The Kier molecular flexibility index (Phi) is 3.54. The number of fused-ring (bicyclic) bond motifs is 1. The summed E-state index contributed by atoms with van der Waals surface area (Å²) in [6.07, 6.45) is 0. The number of aromatic amines is 1. The van der Waals surface area contributed by atoms with Crippen molar-refractivity contribution in [2.24, 2.45) is 0 Å². The first-order chi connectivity index (χ1) is 9.63. The number of rotatable bonds is 3. The van der Waals surface area contributed by atoms with E-state index < -0.39 is 0 Å². The Morgan fingerprint density at radius 1 is 1.40 bits per heavy atom. The average Bonchev–Trinajstić information content (AvgIpc) is 2.86. The number of H-pyrrole nitrogens is 1. The molecule has 1 N–H and O–H groups in total. The smallest absolute Gasteiger partial charge is 0.268 e. The fourth-order valence-corrected chi connectivity index (χ4v) is 2.92. The van der Waals surface area contributed by atoms with Crippen LogP contribution in [0.25, 0.3) is 10.2 Å². The molecule has 0 radical (unpaired) electrons. The number of halogens is 2. The summed E-state index contributed by atoms with van der Waals surface area (Å²) in [6, 6.07) is 5.92. The van der Waals surface area contributed by atoms with E-state index in [0.29, 0.717) is 26.3 Å². The van der Waals surface area contributed by atoms with Crippen molar-refractivity contribution in [1.29, 1.82) is 0 Å². The van der Waals surface area contributed by atoms with Gasteiger partial charge in [0.2, 0.25) is 0 Å². The molecule has 2 aromatic heterocycles. The van der Waals surface area contributed by atoms with E-state index in [-0.39, 0.29) is 18.0 Å². The second-order valence-corrected chi connectivity index (χ2v) is 5.78. The van der Waals surface area contributed by atoms with Crippen molar-refractivity contribution in [3.8, 4) is 5.75 Å². The molecule has 102 valence electrons. The van der Waals surface area contributed by atoms with Crippen molar-refractivity contribution in [3.63, 3.8) is 0 Å². The predicted octanol–water partition coefficient (Wildman–Crippen LogP) is 3.47. The summed E-state index contributed by atoms with van der Waals surface area (Å²) >= 11 is 4.56. The van der Waals surface area contributed by atoms with Crippen LogP contribution in [0.4, 0.5) is 4.39 Å². The summed E-state index contributed by atoms with van der Waals surface area (Å²) in [6.45, 7) is 0.102. The van der Waals surface area contributed by atoms with Crippen LogP contribution < -0.4 is 10.3 Å². The SMILES string of the molecule is O=c1[nH]c(COc2ccc(F)cc2Br)nc2ccsc12. The fourth-order valence-electron chi connectivity index (χ4n) is 1.73. The highest BCUT2D eigenvalue weighted by atomic mass is 79.9. The summed E-state index contributed by atoms with van der Waals surface area (Å²) in [4.78, 5) is 18.7. The minimum absolute atomic E-state index is 0.102. The van der Waals surface area contributed by atoms with Gasteiger partial charge in [0, 0.05) is 0 Å². The molecule has 0 saturated carbocycles. The van der Waals surface area contributed by atoms with Crippen LogP contribution in [0.15, 0.2) is 38.9 Å². The van der Waals surface area contributed by atoms with Gasteiger partial charge in [-0.1, -0.05) is 0 Å². The molecule has 20 heavy (non-hydrogen) atoms. The van der Waals surface area contributed by atoms with Gasteiger partial charge in [-0.15, -0.1) is 11.3 Å². The van der Waals surface area contributed by atoms with Crippen molar-refractivity contribution in [1.82, 2.24) is 9.97 Å². The lowest BCUT2D eigenvalue weighted by atomic mass is 10.3. The number of benzene rings is 1. The molecule has 1 aromatic carbocycles. The van der Waals surface area contributed by atoms with Crippen LogP contribution in [-0.2, 0) is 6.61 Å². The molecule has 0 aliphatic carbocycles. The van der Waals surface area contributed by atoms with E-state index in [1.807, 2.05) is 5.38 Å². The second-order valence-electron chi connectivity index (χ2n) is 4.01. The van der Waals surface area contributed by atoms with Gasteiger partial charge < -0.3 is 9.72 Å². The summed E-state index contributed by atoms with van der Waals surface area (Å²) in [5.74, 6) is 0.562. The lowest BCUT2D eigenvalue weighted by molar-refractivity contribution is 0.293. The number of aromatic nitrogens is 2. The second kappa shape index (κ2) is 5.34. The van der Waals surface area contributed by atoms with E-state index in [0.717, 1.165) is 0 Å². The lowest BCUT2D eigenvalue weighted by Gasteiger charge is -2.07. The third kappa shape index (κ3) is 2.59. The molecule has 3 aromatic rings. The molecule has 7 heteroatoms. The third-order valence-corrected chi connectivity index (χ3v) is 4.14. The maximum atomic E-state index is 13.0. The van der Waals surface area contributed by atoms with Gasteiger partial charge in [0.05, 0.1) is 9.99 Å². The molecule has 0 atom stereocenters. The first-order valence-corrected chi connectivity index (χ1v) is 7.35. The highest BCUT2D eigenvalue weighted by Crippen LogP contribution is 2.26. The molecule has 4 nitrogen and oxygen atoms in total. The third-order valence-electron chi connectivity index (χ3n) is 2.62. The zero-order valence-corrected chi connectivity index (χ0v) is 12.4. The number of thiophene rings is 1. The predicted molar refractivity (Wildman–Crippen MR) is 78.7 cm³/mol. The van der Waals surface area contributed by atoms with Gasteiger partial charge in [0.15, 0.2) is 0 Å². The summed E-state index contributed by atoms with van der Waals surface area (Å²) < 4.78 is 19.6. The number of nitrogens with zero attached hydrogens (tertiary/aromatic N) is 1. The Labute approximate surface area is 125 Å². The standard InChI is InChI=1S/C13H8BrFN2O2S/c14-8-5-7(15)1-2-10(8)19-6-11-16-9-3-4-20-12(9)13(18)17-11/h1-5H,6H2,(H,16,17,18). The van der Waals surface area contributed by atoms with Crippen LogP contribution in [0.2, 0.25) is 0 Å². The van der Waals surface area contributed by atoms with Gasteiger partial charge in [-0.05, 0) is 45.6 Å². The lowest BCUT2D eigenvalue weighted by Crippen LogP contribution is -2.12. The summed E-state index contributed by atoms with van der Waals surface area (Å²) in [7, 11) is 0. The van der Waals surface area contributed by atoms with E-state index >= 15 is 0 Å². The van der Waals surface area contributed by atoms with Crippen molar-refractivity contribution < 1.29 is 9.13 Å². The molecule has 0 aliphatic rings. The molecule has 0 spiro atoms. The molecule has 0 amide bonds.